The first kappa shape index (κ1) is 17.4. The van der Waals surface area contributed by atoms with Gasteiger partial charge in [0.15, 0.2) is 0 Å². The third-order valence-electron chi connectivity index (χ3n) is 4.97. The lowest BCUT2D eigenvalue weighted by Gasteiger charge is -2.23. The molecule has 136 valence electrons. The third-order valence-corrected chi connectivity index (χ3v) is 4.97. The molecule has 5 nitrogen and oxygen atoms in total. The largest absolute Gasteiger partial charge is 0.355 e. The van der Waals surface area contributed by atoms with Gasteiger partial charge in [0.05, 0.1) is 11.6 Å². The highest BCUT2D eigenvalue weighted by Crippen LogP contribution is 2.25. The summed E-state index contributed by atoms with van der Waals surface area (Å²) in [5, 5.41) is 9.68. The van der Waals surface area contributed by atoms with Crippen LogP contribution in [0, 0.1) is 17.1 Å². The predicted octanol–water partition coefficient (Wildman–Crippen LogP) is 3.35. The van der Waals surface area contributed by atoms with Gasteiger partial charge in [0.25, 0.3) is 0 Å². The fourth-order valence-electron chi connectivity index (χ4n) is 3.57. The van der Waals surface area contributed by atoms with Crippen LogP contribution in [0.1, 0.15) is 17.5 Å². The van der Waals surface area contributed by atoms with Crippen molar-refractivity contribution in [3.05, 3.63) is 65.7 Å². The van der Waals surface area contributed by atoms with Gasteiger partial charge in [-0.05, 0) is 36.2 Å². The van der Waals surface area contributed by atoms with Gasteiger partial charge in [0, 0.05) is 38.1 Å². The molecule has 6 heteroatoms. The van der Waals surface area contributed by atoms with E-state index in [1.807, 2.05) is 30.3 Å². The molecule has 1 aliphatic rings. The van der Waals surface area contributed by atoms with E-state index in [1.54, 1.807) is 6.07 Å². The van der Waals surface area contributed by atoms with E-state index in [4.69, 9.17) is 5.26 Å². The summed E-state index contributed by atoms with van der Waals surface area (Å²) >= 11 is 0. The first-order valence-electron chi connectivity index (χ1n) is 9.10. The second-order valence-electron chi connectivity index (χ2n) is 6.76. The molecule has 0 atom stereocenters. The number of para-hydroxylation sites is 1. The summed E-state index contributed by atoms with van der Waals surface area (Å²) in [5.74, 6) is 0.494. The number of hydrogen-bond acceptors (Lipinski definition) is 5. The molecule has 1 aromatic heterocycles. The van der Waals surface area contributed by atoms with Crippen LogP contribution in [-0.4, -0.2) is 41.0 Å². The van der Waals surface area contributed by atoms with Crippen molar-refractivity contribution in [2.75, 3.05) is 31.1 Å². The van der Waals surface area contributed by atoms with Crippen molar-refractivity contribution >= 4 is 16.7 Å². The van der Waals surface area contributed by atoms with Gasteiger partial charge in [-0.2, -0.15) is 5.26 Å². The smallest absolute Gasteiger partial charge is 0.149 e. The summed E-state index contributed by atoms with van der Waals surface area (Å²) < 4.78 is 14.0. The van der Waals surface area contributed by atoms with Gasteiger partial charge in [-0.3, -0.25) is 4.90 Å². The first-order valence-corrected chi connectivity index (χ1v) is 9.10. The van der Waals surface area contributed by atoms with E-state index >= 15 is 0 Å². The zero-order valence-electron chi connectivity index (χ0n) is 15.0. The Hall–Kier alpha value is -3.04. The Morgan fingerprint density at radius 3 is 2.67 bits per heavy atom. The number of rotatable bonds is 3. The molecule has 2 aromatic carbocycles. The van der Waals surface area contributed by atoms with Gasteiger partial charge in [-0.25, -0.2) is 14.4 Å². The molecule has 1 saturated heterocycles. The monoisotopic (exact) mass is 361 g/mol. The molecule has 2 heterocycles. The molecular formula is C21H20FN5. The molecular weight excluding hydrogens is 341 g/mol. The van der Waals surface area contributed by atoms with Gasteiger partial charge >= 0.3 is 0 Å². The summed E-state index contributed by atoms with van der Waals surface area (Å²) in [4.78, 5) is 13.2. The van der Waals surface area contributed by atoms with Crippen molar-refractivity contribution in [1.29, 1.82) is 5.26 Å². The Kier molecular flexibility index (Phi) is 4.95. The number of nitrogens with zero attached hydrogens (tertiary/aromatic N) is 5. The molecule has 27 heavy (non-hydrogen) atoms. The molecule has 0 radical (unpaired) electrons. The molecule has 0 unspecified atom stereocenters. The fraction of sp³-hybridized carbons (Fsp3) is 0.286. The number of anilines is 1. The summed E-state index contributed by atoms with van der Waals surface area (Å²) in [7, 11) is 0. The minimum atomic E-state index is -0.312. The van der Waals surface area contributed by atoms with E-state index in [0.717, 1.165) is 50.3 Å². The highest BCUT2D eigenvalue weighted by molar-refractivity contribution is 5.89. The fourth-order valence-corrected chi connectivity index (χ4v) is 3.57. The van der Waals surface area contributed by atoms with E-state index < -0.39 is 0 Å². The van der Waals surface area contributed by atoms with Gasteiger partial charge in [0.2, 0.25) is 0 Å². The molecule has 4 rings (SSSR count). The Morgan fingerprint density at radius 2 is 1.85 bits per heavy atom. The topological polar surface area (TPSA) is 56.1 Å². The summed E-state index contributed by atoms with van der Waals surface area (Å²) in [6, 6.07) is 14.9. The normalized spacial score (nSPS) is 15.5. The second-order valence-corrected chi connectivity index (χ2v) is 6.76. The maximum Gasteiger partial charge on any atom is 0.149 e. The number of hydrogen-bond donors (Lipinski definition) is 0. The number of halogens is 1. The summed E-state index contributed by atoms with van der Waals surface area (Å²) in [5.41, 5.74) is 2.27. The maximum absolute atomic E-state index is 14.0. The van der Waals surface area contributed by atoms with Crippen LogP contribution in [0.4, 0.5) is 10.2 Å². The van der Waals surface area contributed by atoms with Crippen molar-refractivity contribution in [2.45, 2.75) is 13.0 Å². The van der Waals surface area contributed by atoms with Crippen LogP contribution >= 0.6 is 0 Å². The van der Waals surface area contributed by atoms with E-state index in [0.29, 0.717) is 11.1 Å². The quantitative estimate of drug-likeness (QED) is 0.716. The minimum absolute atomic E-state index is 0.312. The zero-order chi connectivity index (χ0) is 18.6. The highest BCUT2D eigenvalue weighted by atomic mass is 19.1. The van der Waals surface area contributed by atoms with Crippen LogP contribution in [-0.2, 0) is 6.54 Å². The van der Waals surface area contributed by atoms with Crippen LogP contribution in [0.5, 0.6) is 0 Å². The van der Waals surface area contributed by atoms with Crippen molar-refractivity contribution in [2.24, 2.45) is 0 Å². The molecule has 0 saturated carbocycles. The SMILES string of the molecule is N#Cc1ccc(CN2CCCN(c3ncnc4c(F)cccc34)CC2)cc1. The van der Waals surface area contributed by atoms with E-state index in [-0.39, 0.29) is 5.82 Å². The standard InChI is InChI=1S/C21H20FN5/c22-19-4-1-3-18-20(19)24-15-25-21(18)27-10-2-9-26(11-12-27)14-17-7-5-16(13-23)6-8-17/h1,3-8,15H,2,9-12,14H2. The molecule has 0 N–H and O–H groups in total. The van der Waals surface area contributed by atoms with Crippen molar-refractivity contribution < 1.29 is 4.39 Å². The Balaban J connectivity index is 1.49. The Bertz CT molecular complexity index is 980. The lowest BCUT2D eigenvalue weighted by molar-refractivity contribution is 0.285. The Morgan fingerprint density at radius 1 is 1.00 bits per heavy atom. The molecule has 0 spiro atoms. The van der Waals surface area contributed by atoms with Gasteiger partial charge < -0.3 is 4.90 Å². The predicted molar refractivity (Wildman–Crippen MR) is 103 cm³/mol. The van der Waals surface area contributed by atoms with E-state index in [9.17, 15) is 4.39 Å². The van der Waals surface area contributed by atoms with E-state index in [2.05, 4.69) is 25.8 Å². The number of aromatic nitrogens is 2. The van der Waals surface area contributed by atoms with E-state index in [1.165, 1.54) is 18.0 Å². The first-order chi connectivity index (χ1) is 13.2. The molecule has 0 bridgehead atoms. The maximum atomic E-state index is 14.0. The summed E-state index contributed by atoms with van der Waals surface area (Å²) in [6.07, 6.45) is 2.46. The summed E-state index contributed by atoms with van der Waals surface area (Å²) in [6.45, 7) is 4.47. The van der Waals surface area contributed by atoms with Crippen LogP contribution in [0.2, 0.25) is 0 Å². The third kappa shape index (κ3) is 3.74. The van der Waals surface area contributed by atoms with Gasteiger partial charge in [-0.1, -0.05) is 18.2 Å². The average molecular weight is 361 g/mol. The van der Waals surface area contributed by atoms with Gasteiger partial charge in [-0.15, -0.1) is 0 Å². The van der Waals surface area contributed by atoms with Crippen molar-refractivity contribution in [3.63, 3.8) is 0 Å². The van der Waals surface area contributed by atoms with Crippen LogP contribution in [0.15, 0.2) is 48.8 Å². The molecule has 0 amide bonds. The van der Waals surface area contributed by atoms with Crippen LogP contribution < -0.4 is 4.90 Å². The van der Waals surface area contributed by atoms with Crippen molar-refractivity contribution in [1.82, 2.24) is 14.9 Å². The highest BCUT2D eigenvalue weighted by Gasteiger charge is 2.19. The second kappa shape index (κ2) is 7.68. The van der Waals surface area contributed by atoms with Gasteiger partial charge in [0.1, 0.15) is 23.5 Å². The Labute approximate surface area is 157 Å². The van der Waals surface area contributed by atoms with Crippen LogP contribution in [0.3, 0.4) is 0 Å². The van der Waals surface area contributed by atoms with Crippen LogP contribution in [0.25, 0.3) is 10.9 Å². The molecule has 1 aliphatic heterocycles. The molecule has 1 fully saturated rings. The zero-order valence-corrected chi connectivity index (χ0v) is 15.0. The lowest BCUT2D eigenvalue weighted by atomic mass is 10.1. The average Bonchev–Trinajstić information content (AvgIpc) is 2.94. The number of nitriles is 1. The number of fused-ring (bicyclic) bond motifs is 1. The number of benzene rings is 2. The molecule has 0 aliphatic carbocycles. The minimum Gasteiger partial charge on any atom is -0.355 e. The molecule has 3 aromatic rings. The lowest BCUT2D eigenvalue weighted by Crippen LogP contribution is -2.31. The van der Waals surface area contributed by atoms with Crippen molar-refractivity contribution in [3.8, 4) is 6.07 Å².